The van der Waals surface area contributed by atoms with Crippen molar-refractivity contribution in [3.63, 3.8) is 0 Å². The number of anilines is 1. The number of benzene rings is 1. The molecule has 21 heavy (non-hydrogen) atoms. The topological polar surface area (TPSA) is 117 Å². The summed E-state index contributed by atoms with van der Waals surface area (Å²) >= 11 is 0. The molecule has 1 heterocycles. The lowest BCUT2D eigenvalue weighted by atomic mass is 10.1. The zero-order chi connectivity index (χ0) is 15.2. The highest BCUT2D eigenvalue weighted by Crippen LogP contribution is 2.16. The third-order valence-electron chi connectivity index (χ3n) is 2.44. The van der Waals surface area contributed by atoms with Gasteiger partial charge >= 0.3 is 12.1 Å². The number of aromatic carboxylic acids is 1. The number of nitrogens with one attached hydrogen (secondary N) is 2. The number of carboxylic acid groups (broad SMARTS) is 1. The Morgan fingerprint density at radius 1 is 1.38 bits per heavy atom. The molecule has 0 spiro atoms. The Labute approximate surface area is 119 Å². The standard InChI is InChI=1S/C13H12N4O4/c1-2-7-21-13(20)15-12-14-10(16-17-12)8-3-5-9(6-4-8)11(18)19/h2-6H,1,7H2,(H,18,19)(H2,14,15,16,17,20). The second-order valence-electron chi connectivity index (χ2n) is 3.90. The lowest BCUT2D eigenvalue weighted by Gasteiger charge is -2.00. The quantitative estimate of drug-likeness (QED) is 0.723. The molecule has 0 radical (unpaired) electrons. The van der Waals surface area contributed by atoms with E-state index in [0.717, 1.165) is 0 Å². The first kappa shape index (κ1) is 14.3. The van der Waals surface area contributed by atoms with Gasteiger partial charge in [-0.2, -0.15) is 4.98 Å². The van der Waals surface area contributed by atoms with Crippen molar-refractivity contribution in [2.45, 2.75) is 0 Å². The van der Waals surface area contributed by atoms with Gasteiger partial charge in [-0.1, -0.05) is 24.8 Å². The van der Waals surface area contributed by atoms with Crippen molar-refractivity contribution in [3.05, 3.63) is 42.5 Å². The zero-order valence-corrected chi connectivity index (χ0v) is 10.9. The lowest BCUT2D eigenvalue weighted by Crippen LogP contribution is -2.14. The van der Waals surface area contributed by atoms with E-state index in [-0.39, 0.29) is 18.1 Å². The van der Waals surface area contributed by atoms with Gasteiger partial charge in [-0.15, -0.1) is 5.10 Å². The molecule has 2 aromatic rings. The molecule has 0 aliphatic heterocycles. The number of aromatic nitrogens is 3. The Balaban J connectivity index is 2.07. The molecule has 0 aliphatic carbocycles. The molecule has 3 N–H and O–H groups in total. The largest absolute Gasteiger partial charge is 0.478 e. The van der Waals surface area contributed by atoms with E-state index in [1.165, 1.54) is 18.2 Å². The van der Waals surface area contributed by atoms with Crippen LogP contribution in [0.1, 0.15) is 10.4 Å². The van der Waals surface area contributed by atoms with E-state index in [4.69, 9.17) is 9.84 Å². The van der Waals surface area contributed by atoms with E-state index in [2.05, 4.69) is 27.1 Å². The fraction of sp³-hybridized carbons (Fsp3) is 0.0769. The van der Waals surface area contributed by atoms with Gasteiger partial charge in [-0.25, -0.2) is 9.59 Å². The molecule has 2 rings (SSSR count). The second-order valence-corrected chi connectivity index (χ2v) is 3.90. The number of carbonyl (C=O) groups is 2. The minimum Gasteiger partial charge on any atom is -0.478 e. The summed E-state index contributed by atoms with van der Waals surface area (Å²) in [7, 11) is 0. The Bertz CT molecular complexity index is 663. The average molecular weight is 288 g/mol. The summed E-state index contributed by atoms with van der Waals surface area (Å²) in [6.07, 6.45) is 0.745. The van der Waals surface area contributed by atoms with Gasteiger partial charge in [0, 0.05) is 5.56 Å². The summed E-state index contributed by atoms with van der Waals surface area (Å²) in [4.78, 5) is 26.1. The van der Waals surface area contributed by atoms with Crippen molar-refractivity contribution >= 4 is 18.0 Å². The number of hydrogen-bond donors (Lipinski definition) is 3. The van der Waals surface area contributed by atoms with Gasteiger partial charge in [0.1, 0.15) is 6.61 Å². The average Bonchev–Trinajstić information content (AvgIpc) is 2.93. The van der Waals surface area contributed by atoms with Crippen molar-refractivity contribution in [3.8, 4) is 11.4 Å². The minimum atomic E-state index is -1.01. The highest BCUT2D eigenvalue weighted by Gasteiger charge is 2.10. The normalized spacial score (nSPS) is 9.90. The van der Waals surface area contributed by atoms with E-state index in [9.17, 15) is 9.59 Å². The third kappa shape index (κ3) is 3.66. The van der Waals surface area contributed by atoms with E-state index in [0.29, 0.717) is 11.4 Å². The molecule has 0 saturated heterocycles. The van der Waals surface area contributed by atoms with Crippen LogP contribution in [-0.4, -0.2) is 39.0 Å². The number of ether oxygens (including phenoxy) is 1. The van der Waals surface area contributed by atoms with Gasteiger partial charge in [0.2, 0.25) is 0 Å². The second kappa shape index (κ2) is 6.33. The number of H-pyrrole nitrogens is 1. The van der Waals surface area contributed by atoms with Crippen LogP contribution in [0, 0.1) is 0 Å². The molecular weight excluding hydrogens is 276 g/mol. The van der Waals surface area contributed by atoms with Crippen molar-refractivity contribution < 1.29 is 19.4 Å². The summed E-state index contributed by atoms with van der Waals surface area (Å²) in [5, 5.41) is 17.6. The number of carbonyl (C=O) groups excluding carboxylic acids is 1. The van der Waals surface area contributed by atoms with Crippen LogP contribution < -0.4 is 5.32 Å². The van der Waals surface area contributed by atoms with Crippen LogP contribution >= 0.6 is 0 Å². The Morgan fingerprint density at radius 3 is 2.71 bits per heavy atom. The highest BCUT2D eigenvalue weighted by molar-refractivity contribution is 5.88. The zero-order valence-electron chi connectivity index (χ0n) is 10.9. The molecule has 1 aromatic heterocycles. The maximum absolute atomic E-state index is 11.3. The summed E-state index contributed by atoms with van der Waals surface area (Å²) in [5.74, 6) is -0.557. The predicted molar refractivity (Wildman–Crippen MR) is 73.9 cm³/mol. The maximum Gasteiger partial charge on any atom is 0.414 e. The number of carboxylic acids is 1. The van der Waals surface area contributed by atoms with Gasteiger partial charge in [-0.05, 0) is 12.1 Å². The molecule has 0 unspecified atom stereocenters. The van der Waals surface area contributed by atoms with Crippen molar-refractivity contribution in [2.75, 3.05) is 11.9 Å². The van der Waals surface area contributed by atoms with Gasteiger partial charge in [0.25, 0.3) is 5.95 Å². The third-order valence-corrected chi connectivity index (χ3v) is 2.44. The van der Waals surface area contributed by atoms with E-state index in [1.807, 2.05) is 0 Å². The Kier molecular flexibility index (Phi) is 4.30. The van der Waals surface area contributed by atoms with E-state index < -0.39 is 12.1 Å². The minimum absolute atomic E-state index is 0.0568. The Hall–Kier alpha value is -3.16. The maximum atomic E-state index is 11.3. The molecular formula is C13H12N4O4. The van der Waals surface area contributed by atoms with E-state index in [1.54, 1.807) is 12.1 Å². The molecule has 0 bridgehead atoms. The number of hydrogen-bond acceptors (Lipinski definition) is 5. The van der Waals surface area contributed by atoms with Crippen LogP contribution in [0.5, 0.6) is 0 Å². The van der Waals surface area contributed by atoms with Crippen molar-refractivity contribution in [1.82, 2.24) is 15.2 Å². The van der Waals surface area contributed by atoms with Crippen LogP contribution in [0.4, 0.5) is 10.7 Å². The molecule has 0 fully saturated rings. The highest BCUT2D eigenvalue weighted by atomic mass is 16.5. The number of nitrogens with zero attached hydrogens (tertiary/aromatic N) is 2. The smallest absolute Gasteiger partial charge is 0.414 e. The first-order valence-corrected chi connectivity index (χ1v) is 5.91. The molecule has 0 aliphatic rings. The van der Waals surface area contributed by atoms with Crippen LogP contribution in [0.15, 0.2) is 36.9 Å². The monoisotopic (exact) mass is 288 g/mol. The van der Waals surface area contributed by atoms with Crippen molar-refractivity contribution in [2.24, 2.45) is 0 Å². The predicted octanol–water partition coefficient (Wildman–Crippen LogP) is 1.90. The van der Waals surface area contributed by atoms with Gasteiger partial charge in [-0.3, -0.25) is 10.4 Å². The van der Waals surface area contributed by atoms with E-state index >= 15 is 0 Å². The fourth-order valence-corrected chi connectivity index (χ4v) is 1.48. The number of aromatic amines is 1. The first-order valence-electron chi connectivity index (χ1n) is 5.91. The molecule has 1 amide bonds. The summed E-state index contributed by atoms with van der Waals surface area (Å²) < 4.78 is 4.72. The molecule has 8 nitrogen and oxygen atoms in total. The SMILES string of the molecule is C=CCOC(=O)Nc1n[nH]c(-c2ccc(C(=O)O)cc2)n1. The van der Waals surface area contributed by atoms with Crippen LogP contribution in [-0.2, 0) is 4.74 Å². The molecule has 108 valence electrons. The molecule has 0 saturated carbocycles. The van der Waals surface area contributed by atoms with Gasteiger partial charge in [0.15, 0.2) is 5.82 Å². The lowest BCUT2D eigenvalue weighted by molar-refractivity contribution is 0.0697. The van der Waals surface area contributed by atoms with Gasteiger partial charge in [0.05, 0.1) is 5.56 Å². The molecule has 8 heteroatoms. The Morgan fingerprint density at radius 2 is 2.10 bits per heavy atom. The first-order chi connectivity index (χ1) is 10.1. The summed E-state index contributed by atoms with van der Waals surface area (Å²) in [6.45, 7) is 3.50. The number of amides is 1. The summed E-state index contributed by atoms with van der Waals surface area (Å²) in [5.41, 5.74) is 0.810. The van der Waals surface area contributed by atoms with Crippen LogP contribution in [0.25, 0.3) is 11.4 Å². The summed E-state index contributed by atoms with van der Waals surface area (Å²) in [6, 6.07) is 6.07. The molecule has 1 aromatic carbocycles. The van der Waals surface area contributed by atoms with Crippen molar-refractivity contribution in [1.29, 1.82) is 0 Å². The van der Waals surface area contributed by atoms with Gasteiger partial charge < -0.3 is 9.84 Å². The van der Waals surface area contributed by atoms with Crippen LogP contribution in [0.2, 0.25) is 0 Å². The number of rotatable bonds is 5. The van der Waals surface area contributed by atoms with Crippen LogP contribution in [0.3, 0.4) is 0 Å². The molecule has 0 atom stereocenters. The fourth-order valence-electron chi connectivity index (χ4n) is 1.48.